The van der Waals surface area contributed by atoms with E-state index in [1.807, 2.05) is 12.1 Å². The van der Waals surface area contributed by atoms with Crippen LogP contribution in [0.4, 0.5) is 5.69 Å². The quantitative estimate of drug-likeness (QED) is 0.726. The molecule has 0 unspecified atom stereocenters. The first-order chi connectivity index (χ1) is 7.59. The molecule has 0 saturated carbocycles. The third-order valence-corrected chi connectivity index (χ3v) is 3.05. The molecule has 1 aromatic carbocycles. The molecule has 2 heteroatoms. The van der Waals surface area contributed by atoms with E-state index in [9.17, 15) is 4.79 Å². The molecule has 2 rings (SSSR count). The lowest BCUT2D eigenvalue weighted by Gasteiger charge is -2.23. The molecule has 0 bridgehead atoms. The molecule has 1 aliphatic rings. The van der Waals surface area contributed by atoms with Crippen molar-refractivity contribution in [3.63, 3.8) is 0 Å². The van der Waals surface area contributed by atoms with Gasteiger partial charge in [0.2, 0.25) is 0 Å². The van der Waals surface area contributed by atoms with Gasteiger partial charge in [-0.1, -0.05) is 26.0 Å². The van der Waals surface area contributed by atoms with Gasteiger partial charge in [0.1, 0.15) is 0 Å². The molecule has 0 N–H and O–H groups in total. The molecule has 0 aliphatic carbocycles. The van der Waals surface area contributed by atoms with Gasteiger partial charge in [-0.15, -0.1) is 0 Å². The number of anilines is 1. The Morgan fingerprint density at radius 3 is 2.81 bits per heavy atom. The number of ketones is 1. The van der Waals surface area contributed by atoms with Crippen LogP contribution in [0, 0.1) is 5.92 Å². The molecule has 0 amide bonds. The third kappa shape index (κ3) is 1.97. The minimum Gasteiger partial charge on any atom is -0.370 e. The first kappa shape index (κ1) is 11.2. The highest BCUT2D eigenvalue weighted by Crippen LogP contribution is 2.32. The fraction of sp³-hybridized carbons (Fsp3) is 0.500. The van der Waals surface area contributed by atoms with E-state index in [2.05, 4.69) is 24.8 Å². The molecule has 0 aromatic heterocycles. The van der Waals surface area contributed by atoms with Gasteiger partial charge in [0.15, 0.2) is 5.78 Å². The van der Waals surface area contributed by atoms with Crippen molar-refractivity contribution in [2.45, 2.75) is 27.2 Å². The summed E-state index contributed by atoms with van der Waals surface area (Å²) in [5.74, 6) is 0.804. The van der Waals surface area contributed by atoms with Crippen molar-refractivity contribution in [2.75, 3.05) is 18.0 Å². The summed E-state index contributed by atoms with van der Waals surface area (Å²) in [6, 6.07) is 6.08. The van der Waals surface area contributed by atoms with Crippen molar-refractivity contribution in [3.05, 3.63) is 29.3 Å². The Bertz CT molecular complexity index is 409. The number of carbonyl (C=O) groups is 1. The average Bonchev–Trinajstić information content (AvgIpc) is 2.60. The van der Waals surface area contributed by atoms with Gasteiger partial charge >= 0.3 is 0 Å². The predicted octanol–water partition coefficient (Wildman–Crippen LogP) is 2.91. The normalized spacial score (nSPS) is 14.4. The number of benzene rings is 1. The maximum absolute atomic E-state index is 11.6. The van der Waals surface area contributed by atoms with Crippen molar-refractivity contribution in [1.29, 1.82) is 0 Å². The van der Waals surface area contributed by atoms with Gasteiger partial charge in [-0.05, 0) is 30.9 Å². The largest absolute Gasteiger partial charge is 0.370 e. The summed E-state index contributed by atoms with van der Waals surface area (Å²) in [6.45, 7) is 8.18. The molecule has 0 radical (unpaired) electrons. The van der Waals surface area contributed by atoms with Crippen molar-refractivity contribution >= 4 is 11.5 Å². The SMILES string of the molecule is CC(=O)c1cccc2c1N(CC(C)C)CC2. The Balaban J connectivity index is 2.39. The zero-order valence-electron chi connectivity index (χ0n) is 10.3. The molecular weight excluding hydrogens is 198 g/mol. The van der Waals surface area contributed by atoms with E-state index in [1.165, 1.54) is 11.3 Å². The molecular formula is C14H19NO. The van der Waals surface area contributed by atoms with Gasteiger partial charge < -0.3 is 4.90 Å². The second-order valence-corrected chi connectivity index (χ2v) is 4.96. The number of nitrogens with zero attached hydrogens (tertiary/aromatic N) is 1. The summed E-state index contributed by atoms with van der Waals surface area (Å²) >= 11 is 0. The Labute approximate surface area is 97.3 Å². The van der Waals surface area contributed by atoms with Crippen LogP contribution >= 0.6 is 0 Å². The number of para-hydroxylation sites is 1. The molecule has 1 heterocycles. The number of Topliss-reactive ketones (excluding diaryl/α,β-unsaturated/α-hetero) is 1. The topological polar surface area (TPSA) is 20.3 Å². The fourth-order valence-electron chi connectivity index (χ4n) is 2.44. The number of rotatable bonds is 3. The molecule has 0 atom stereocenters. The van der Waals surface area contributed by atoms with Crippen LogP contribution in [-0.2, 0) is 6.42 Å². The third-order valence-electron chi connectivity index (χ3n) is 3.05. The molecule has 2 nitrogen and oxygen atoms in total. The highest BCUT2D eigenvalue weighted by molar-refractivity contribution is 6.00. The number of carbonyl (C=O) groups excluding carboxylic acids is 1. The first-order valence-corrected chi connectivity index (χ1v) is 5.97. The predicted molar refractivity (Wildman–Crippen MR) is 67.2 cm³/mol. The second-order valence-electron chi connectivity index (χ2n) is 4.96. The monoisotopic (exact) mass is 217 g/mol. The van der Waals surface area contributed by atoms with E-state index in [0.717, 1.165) is 25.1 Å². The molecule has 1 aromatic rings. The lowest BCUT2D eigenvalue weighted by molar-refractivity contribution is 0.101. The summed E-state index contributed by atoms with van der Waals surface area (Å²) < 4.78 is 0. The minimum absolute atomic E-state index is 0.174. The van der Waals surface area contributed by atoms with Gasteiger partial charge in [0.25, 0.3) is 0 Å². The van der Waals surface area contributed by atoms with Gasteiger partial charge in [-0.2, -0.15) is 0 Å². The van der Waals surface area contributed by atoms with Gasteiger partial charge in [-0.3, -0.25) is 4.79 Å². The van der Waals surface area contributed by atoms with Crippen LogP contribution in [0.25, 0.3) is 0 Å². The smallest absolute Gasteiger partial charge is 0.161 e. The average molecular weight is 217 g/mol. The zero-order chi connectivity index (χ0) is 11.7. The maximum Gasteiger partial charge on any atom is 0.161 e. The van der Waals surface area contributed by atoms with E-state index in [-0.39, 0.29) is 5.78 Å². The van der Waals surface area contributed by atoms with Crippen LogP contribution in [0.2, 0.25) is 0 Å². The summed E-state index contributed by atoms with van der Waals surface area (Å²) in [4.78, 5) is 14.0. The second kappa shape index (κ2) is 4.28. The van der Waals surface area contributed by atoms with E-state index in [4.69, 9.17) is 0 Å². The first-order valence-electron chi connectivity index (χ1n) is 5.97. The van der Waals surface area contributed by atoms with Crippen molar-refractivity contribution < 1.29 is 4.79 Å². The van der Waals surface area contributed by atoms with Crippen molar-refractivity contribution in [2.24, 2.45) is 5.92 Å². The Morgan fingerprint density at radius 2 is 2.19 bits per heavy atom. The van der Waals surface area contributed by atoms with Crippen LogP contribution in [0.15, 0.2) is 18.2 Å². The van der Waals surface area contributed by atoms with Crippen LogP contribution in [0.1, 0.15) is 36.7 Å². The molecule has 0 fully saturated rings. The highest BCUT2D eigenvalue weighted by Gasteiger charge is 2.23. The van der Waals surface area contributed by atoms with E-state index >= 15 is 0 Å². The van der Waals surface area contributed by atoms with E-state index in [1.54, 1.807) is 6.92 Å². The summed E-state index contributed by atoms with van der Waals surface area (Å²) in [5.41, 5.74) is 3.40. The molecule has 0 spiro atoms. The maximum atomic E-state index is 11.6. The van der Waals surface area contributed by atoms with Crippen LogP contribution in [0.5, 0.6) is 0 Å². The lowest BCUT2D eigenvalue weighted by Crippen LogP contribution is -2.26. The summed E-state index contributed by atoms with van der Waals surface area (Å²) in [6.07, 6.45) is 1.07. The number of fused-ring (bicyclic) bond motifs is 1. The van der Waals surface area contributed by atoms with Crippen molar-refractivity contribution in [3.8, 4) is 0 Å². The Morgan fingerprint density at radius 1 is 1.44 bits per heavy atom. The van der Waals surface area contributed by atoms with Crippen LogP contribution in [0.3, 0.4) is 0 Å². The minimum atomic E-state index is 0.174. The molecule has 86 valence electrons. The van der Waals surface area contributed by atoms with Crippen LogP contribution < -0.4 is 4.90 Å². The Kier molecular flexibility index (Phi) is 2.99. The zero-order valence-corrected chi connectivity index (χ0v) is 10.3. The molecule has 0 saturated heterocycles. The van der Waals surface area contributed by atoms with Gasteiger partial charge in [-0.25, -0.2) is 0 Å². The number of hydrogen-bond acceptors (Lipinski definition) is 2. The van der Waals surface area contributed by atoms with Gasteiger partial charge in [0, 0.05) is 18.7 Å². The molecule has 16 heavy (non-hydrogen) atoms. The summed E-state index contributed by atoms with van der Waals surface area (Å²) in [5, 5.41) is 0. The van der Waals surface area contributed by atoms with E-state index in [0.29, 0.717) is 5.92 Å². The standard InChI is InChI=1S/C14H19NO/c1-10(2)9-15-8-7-12-5-4-6-13(11(3)16)14(12)15/h4-6,10H,7-9H2,1-3H3. The van der Waals surface area contributed by atoms with Crippen LogP contribution in [-0.4, -0.2) is 18.9 Å². The lowest BCUT2D eigenvalue weighted by atomic mass is 10.0. The fourth-order valence-corrected chi connectivity index (χ4v) is 2.44. The van der Waals surface area contributed by atoms with Gasteiger partial charge in [0.05, 0.1) is 5.69 Å². The van der Waals surface area contributed by atoms with Crippen molar-refractivity contribution in [1.82, 2.24) is 0 Å². The molecule has 1 aliphatic heterocycles. The number of hydrogen-bond donors (Lipinski definition) is 0. The highest BCUT2D eigenvalue weighted by atomic mass is 16.1. The Hall–Kier alpha value is -1.31. The summed E-state index contributed by atoms with van der Waals surface area (Å²) in [7, 11) is 0. The van der Waals surface area contributed by atoms with E-state index < -0.39 is 0 Å².